The van der Waals surface area contributed by atoms with Crippen molar-refractivity contribution in [3.05, 3.63) is 17.5 Å². The van der Waals surface area contributed by atoms with Crippen LogP contribution in [0.25, 0.3) is 0 Å². The van der Waals surface area contributed by atoms with E-state index in [1.807, 2.05) is 0 Å². The van der Waals surface area contributed by atoms with Gasteiger partial charge in [-0.05, 0) is 0 Å². The van der Waals surface area contributed by atoms with Crippen LogP contribution in [0.4, 0.5) is 14.5 Å². The Morgan fingerprint density at radius 2 is 2.21 bits per heavy atom. The number of rotatable bonds is 3. The Balaban J connectivity index is 3.33. The number of hydrogen-bond acceptors (Lipinski definition) is 4. The van der Waals surface area contributed by atoms with E-state index in [1.54, 1.807) is 0 Å². The summed E-state index contributed by atoms with van der Waals surface area (Å²) in [4.78, 5) is 3.50. The Labute approximate surface area is 79.9 Å². The molecule has 0 spiro atoms. The van der Waals surface area contributed by atoms with E-state index in [2.05, 4.69) is 4.98 Å². The standard InChI is InChI=1S/C8H11F2N3O/c1-14-7-4(2-11)5(12)3-13-6(7)8(9)10/h3,8H,2,11-12H2,1H3. The molecular weight excluding hydrogens is 192 g/mol. The average Bonchev–Trinajstić information content (AvgIpc) is 2.16. The Hall–Kier alpha value is -1.43. The third-order valence-corrected chi connectivity index (χ3v) is 1.81. The fourth-order valence-corrected chi connectivity index (χ4v) is 1.16. The highest BCUT2D eigenvalue weighted by Crippen LogP contribution is 2.32. The van der Waals surface area contributed by atoms with E-state index >= 15 is 0 Å². The van der Waals surface area contributed by atoms with Crippen molar-refractivity contribution in [1.82, 2.24) is 4.98 Å². The highest BCUT2D eigenvalue weighted by Gasteiger charge is 2.19. The first-order valence-electron chi connectivity index (χ1n) is 3.91. The fraction of sp³-hybridized carbons (Fsp3) is 0.375. The Morgan fingerprint density at radius 1 is 1.57 bits per heavy atom. The van der Waals surface area contributed by atoms with Gasteiger partial charge in [0, 0.05) is 12.1 Å². The fourth-order valence-electron chi connectivity index (χ4n) is 1.16. The maximum Gasteiger partial charge on any atom is 0.284 e. The van der Waals surface area contributed by atoms with E-state index < -0.39 is 12.1 Å². The number of nitrogens with two attached hydrogens (primary N) is 2. The lowest BCUT2D eigenvalue weighted by atomic mass is 10.1. The Kier molecular flexibility index (Phi) is 3.19. The van der Waals surface area contributed by atoms with Gasteiger partial charge in [0.05, 0.1) is 19.0 Å². The summed E-state index contributed by atoms with van der Waals surface area (Å²) in [6, 6.07) is 0. The molecule has 0 aliphatic rings. The quantitative estimate of drug-likeness (QED) is 0.770. The molecule has 0 aromatic carbocycles. The second-order valence-electron chi connectivity index (χ2n) is 2.62. The van der Waals surface area contributed by atoms with Crippen LogP contribution in [0.3, 0.4) is 0 Å². The molecule has 0 bridgehead atoms. The number of alkyl halides is 2. The summed E-state index contributed by atoms with van der Waals surface area (Å²) in [6.45, 7) is 0.0389. The third-order valence-electron chi connectivity index (χ3n) is 1.81. The minimum Gasteiger partial charge on any atom is -0.494 e. The van der Waals surface area contributed by atoms with E-state index in [1.165, 1.54) is 7.11 Å². The zero-order valence-electron chi connectivity index (χ0n) is 7.63. The Bertz CT molecular complexity index is 331. The molecule has 0 aliphatic carbocycles. The summed E-state index contributed by atoms with van der Waals surface area (Å²) in [5, 5.41) is 0. The molecular formula is C8H11F2N3O. The molecule has 0 amide bonds. The first-order valence-corrected chi connectivity index (χ1v) is 3.91. The number of pyridine rings is 1. The zero-order valence-corrected chi connectivity index (χ0v) is 7.63. The minimum atomic E-state index is -2.70. The molecule has 0 unspecified atom stereocenters. The highest BCUT2D eigenvalue weighted by molar-refractivity contribution is 5.54. The number of nitrogens with zero attached hydrogens (tertiary/aromatic N) is 1. The molecule has 0 radical (unpaired) electrons. The van der Waals surface area contributed by atoms with Gasteiger partial charge in [-0.1, -0.05) is 0 Å². The summed E-state index contributed by atoms with van der Waals surface area (Å²) < 4.78 is 29.7. The van der Waals surface area contributed by atoms with Crippen molar-refractivity contribution in [1.29, 1.82) is 0 Å². The summed E-state index contributed by atoms with van der Waals surface area (Å²) >= 11 is 0. The van der Waals surface area contributed by atoms with Crippen LogP contribution in [-0.2, 0) is 6.54 Å². The molecule has 0 fully saturated rings. The van der Waals surface area contributed by atoms with Gasteiger partial charge in [-0.25, -0.2) is 13.8 Å². The summed E-state index contributed by atoms with van der Waals surface area (Å²) in [5.74, 6) is -0.0255. The van der Waals surface area contributed by atoms with Crippen LogP contribution in [0.5, 0.6) is 5.75 Å². The maximum atomic E-state index is 12.4. The second kappa shape index (κ2) is 4.19. The lowest BCUT2D eigenvalue weighted by Gasteiger charge is -2.12. The van der Waals surface area contributed by atoms with Crippen molar-refractivity contribution in [2.75, 3.05) is 12.8 Å². The van der Waals surface area contributed by atoms with Crippen LogP contribution in [0, 0.1) is 0 Å². The number of anilines is 1. The molecule has 78 valence electrons. The summed E-state index contributed by atoms with van der Waals surface area (Å²) in [5.41, 5.74) is 11.1. The molecule has 14 heavy (non-hydrogen) atoms. The number of nitrogen functional groups attached to an aromatic ring is 1. The number of hydrogen-bond donors (Lipinski definition) is 2. The van der Waals surface area contributed by atoms with Crippen LogP contribution in [0.1, 0.15) is 17.7 Å². The molecule has 1 heterocycles. The number of methoxy groups -OCH3 is 1. The maximum absolute atomic E-state index is 12.4. The zero-order chi connectivity index (χ0) is 10.7. The lowest BCUT2D eigenvalue weighted by molar-refractivity contribution is 0.141. The SMILES string of the molecule is COc1c(C(F)F)ncc(N)c1CN. The summed E-state index contributed by atoms with van der Waals surface area (Å²) in [6.07, 6.45) is -1.54. The first-order chi connectivity index (χ1) is 6.61. The van der Waals surface area contributed by atoms with Crippen LogP contribution < -0.4 is 16.2 Å². The van der Waals surface area contributed by atoms with Crippen molar-refractivity contribution in [3.8, 4) is 5.75 Å². The smallest absolute Gasteiger partial charge is 0.284 e. The molecule has 0 atom stereocenters. The molecule has 4 nitrogen and oxygen atoms in total. The highest BCUT2D eigenvalue weighted by atomic mass is 19.3. The van der Waals surface area contributed by atoms with Gasteiger partial charge in [-0.15, -0.1) is 0 Å². The van der Waals surface area contributed by atoms with Gasteiger partial charge < -0.3 is 16.2 Å². The largest absolute Gasteiger partial charge is 0.494 e. The lowest BCUT2D eigenvalue weighted by Crippen LogP contribution is -2.08. The van der Waals surface area contributed by atoms with E-state index in [4.69, 9.17) is 16.2 Å². The van der Waals surface area contributed by atoms with Gasteiger partial charge in [0.1, 0.15) is 5.69 Å². The van der Waals surface area contributed by atoms with Gasteiger partial charge >= 0.3 is 0 Å². The number of halogens is 2. The van der Waals surface area contributed by atoms with E-state index in [0.717, 1.165) is 6.20 Å². The van der Waals surface area contributed by atoms with Gasteiger partial charge in [-0.3, -0.25) is 0 Å². The molecule has 1 rings (SSSR count). The van der Waals surface area contributed by atoms with E-state index in [0.29, 0.717) is 5.56 Å². The van der Waals surface area contributed by atoms with Crippen LogP contribution >= 0.6 is 0 Å². The summed E-state index contributed by atoms with van der Waals surface area (Å²) in [7, 11) is 1.28. The Morgan fingerprint density at radius 3 is 2.64 bits per heavy atom. The number of ether oxygens (including phenoxy) is 1. The molecule has 1 aromatic heterocycles. The third kappa shape index (κ3) is 1.74. The van der Waals surface area contributed by atoms with Crippen LogP contribution in [0.15, 0.2) is 6.20 Å². The van der Waals surface area contributed by atoms with Gasteiger partial charge in [0.15, 0.2) is 5.75 Å². The molecule has 0 saturated carbocycles. The normalized spacial score (nSPS) is 10.6. The van der Waals surface area contributed by atoms with Crippen molar-refractivity contribution >= 4 is 5.69 Å². The van der Waals surface area contributed by atoms with Crippen molar-refractivity contribution < 1.29 is 13.5 Å². The number of aromatic nitrogens is 1. The molecule has 1 aromatic rings. The predicted octanol–water partition coefficient (Wildman–Crippen LogP) is 1.07. The van der Waals surface area contributed by atoms with Crippen molar-refractivity contribution in [3.63, 3.8) is 0 Å². The molecule has 0 aliphatic heterocycles. The monoisotopic (exact) mass is 203 g/mol. The van der Waals surface area contributed by atoms with Crippen LogP contribution in [0.2, 0.25) is 0 Å². The van der Waals surface area contributed by atoms with Gasteiger partial charge in [0.25, 0.3) is 6.43 Å². The predicted molar refractivity (Wildman–Crippen MR) is 48.0 cm³/mol. The van der Waals surface area contributed by atoms with Gasteiger partial charge in [0.2, 0.25) is 0 Å². The molecule has 4 N–H and O–H groups in total. The van der Waals surface area contributed by atoms with Crippen molar-refractivity contribution in [2.24, 2.45) is 5.73 Å². The molecule has 0 saturated heterocycles. The van der Waals surface area contributed by atoms with E-state index in [-0.39, 0.29) is 18.0 Å². The van der Waals surface area contributed by atoms with E-state index in [9.17, 15) is 8.78 Å². The van der Waals surface area contributed by atoms with Crippen molar-refractivity contribution in [2.45, 2.75) is 13.0 Å². The minimum absolute atomic E-state index is 0.0255. The molecule has 6 heteroatoms. The average molecular weight is 203 g/mol. The van der Waals surface area contributed by atoms with Crippen LogP contribution in [-0.4, -0.2) is 12.1 Å². The topological polar surface area (TPSA) is 74.2 Å². The van der Waals surface area contributed by atoms with Gasteiger partial charge in [-0.2, -0.15) is 0 Å². The first kappa shape index (κ1) is 10.6. The second-order valence-corrected chi connectivity index (χ2v) is 2.62.